The van der Waals surface area contributed by atoms with E-state index in [0.717, 1.165) is 0 Å². The third-order valence-corrected chi connectivity index (χ3v) is 2.80. The van der Waals surface area contributed by atoms with Gasteiger partial charge < -0.3 is 9.64 Å². The second kappa shape index (κ2) is 7.19. The van der Waals surface area contributed by atoms with Crippen LogP contribution in [0.3, 0.4) is 0 Å². The molecule has 1 aromatic carbocycles. The SMILES string of the molecule is CCOC(=O)/C(=C\N(C)C)C(=O)c1ccc(Br)cc1F. The average molecular weight is 344 g/mol. The first-order valence-corrected chi connectivity index (χ1v) is 6.71. The Morgan fingerprint density at radius 3 is 2.55 bits per heavy atom. The summed E-state index contributed by atoms with van der Waals surface area (Å²) in [6.07, 6.45) is 1.32. The van der Waals surface area contributed by atoms with Crippen molar-refractivity contribution in [2.75, 3.05) is 20.7 Å². The molecule has 0 aliphatic rings. The molecule has 0 fully saturated rings. The molecule has 108 valence electrons. The van der Waals surface area contributed by atoms with Crippen LogP contribution in [0.1, 0.15) is 17.3 Å². The van der Waals surface area contributed by atoms with Crippen molar-refractivity contribution in [1.82, 2.24) is 4.90 Å². The van der Waals surface area contributed by atoms with Gasteiger partial charge >= 0.3 is 5.97 Å². The molecule has 4 nitrogen and oxygen atoms in total. The molecule has 0 spiro atoms. The lowest BCUT2D eigenvalue weighted by Crippen LogP contribution is -2.20. The lowest BCUT2D eigenvalue weighted by atomic mass is 10.0. The molecule has 0 aliphatic heterocycles. The fraction of sp³-hybridized carbons (Fsp3) is 0.286. The summed E-state index contributed by atoms with van der Waals surface area (Å²) in [5.41, 5.74) is -0.382. The number of hydrogen-bond donors (Lipinski definition) is 0. The molecule has 0 saturated heterocycles. The topological polar surface area (TPSA) is 46.6 Å². The average Bonchev–Trinajstić information content (AvgIpc) is 2.35. The zero-order chi connectivity index (χ0) is 15.3. The fourth-order valence-corrected chi connectivity index (χ4v) is 1.82. The van der Waals surface area contributed by atoms with Crippen LogP contribution in [0, 0.1) is 5.82 Å². The normalized spacial score (nSPS) is 11.2. The van der Waals surface area contributed by atoms with Crippen molar-refractivity contribution in [2.24, 2.45) is 0 Å². The van der Waals surface area contributed by atoms with E-state index in [9.17, 15) is 14.0 Å². The van der Waals surface area contributed by atoms with Crippen molar-refractivity contribution in [3.05, 3.63) is 45.8 Å². The number of nitrogens with zero attached hydrogens (tertiary/aromatic N) is 1. The number of carbonyl (C=O) groups excluding carboxylic acids is 2. The van der Waals surface area contributed by atoms with Crippen LogP contribution in [0.25, 0.3) is 0 Å². The predicted octanol–water partition coefficient (Wildman–Crippen LogP) is 2.78. The van der Waals surface area contributed by atoms with Crippen LogP contribution in [-0.2, 0) is 9.53 Å². The number of carbonyl (C=O) groups is 2. The third kappa shape index (κ3) is 4.16. The molecule has 1 rings (SSSR count). The summed E-state index contributed by atoms with van der Waals surface area (Å²) in [4.78, 5) is 25.6. The number of halogens is 2. The number of ether oxygens (including phenoxy) is 1. The number of rotatable bonds is 5. The number of hydrogen-bond acceptors (Lipinski definition) is 4. The minimum atomic E-state index is -0.770. The fourth-order valence-electron chi connectivity index (χ4n) is 1.49. The molecule has 0 heterocycles. The zero-order valence-corrected chi connectivity index (χ0v) is 13.0. The van der Waals surface area contributed by atoms with Crippen molar-refractivity contribution in [2.45, 2.75) is 6.92 Å². The standard InChI is InChI=1S/C14H15BrFNO3/c1-4-20-14(19)11(8-17(2)3)13(18)10-6-5-9(15)7-12(10)16/h5-8H,4H2,1-3H3/b11-8-. The van der Waals surface area contributed by atoms with Crippen LogP contribution in [-0.4, -0.2) is 37.4 Å². The van der Waals surface area contributed by atoms with Gasteiger partial charge in [-0.15, -0.1) is 0 Å². The molecule has 0 atom stereocenters. The van der Waals surface area contributed by atoms with Crippen LogP contribution >= 0.6 is 15.9 Å². The molecular weight excluding hydrogens is 329 g/mol. The van der Waals surface area contributed by atoms with Gasteiger partial charge in [0.15, 0.2) is 0 Å². The highest BCUT2D eigenvalue weighted by Gasteiger charge is 2.24. The summed E-state index contributed by atoms with van der Waals surface area (Å²) < 4.78 is 19.1. The van der Waals surface area contributed by atoms with E-state index in [1.54, 1.807) is 21.0 Å². The lowest BCUT2D eigenvalue weighted by Gasteiger charge is -2.11. The number of benzene rings is 1. The molecule has 0 aromatic heterocycles. The molecule has 0 aliphatic carbocycles. The summed E-state index contributed by atoms with van der Waals surface area (Å²) in [6, 6.07) is 4.03. The highest BCUT2D eigenvalue weighted by Crippen LogP contribution is 2.19. The maximum Gasteiger partial charge on any atom is 0.343 e. The van der Waals surface area contributed by atoms with E-state index >= 15 is 0 Å². The molecule has 0 saturated carbocycles. The Bertz CT molecular complexity index is 555. The van der Waals surface area contributed by atoms with Gasteiger partial charge in [-0.3, -0.25) is 4.79 Å². The van der Waals surface area contributed by atoms with Crippen molar-refractivity contribution in [3.8, 4) is 0 Å². The molecule has 6 heteroatoms. The van der Waals surface area contributed by atoms with E-state index in [0.29, 0.717) is 4.47 Å². The summed E-state index contributed by atoms with van der Waals surface area (Å²) in [5, 5.41) is 0. The van der Waals surface area contributed by atoms with E-state index in [1.165, 1.54) is 29.3 Å². The molecule has 0 N–H and O–H groups in total. The summed E-state index contributed by atoms with van der Waals surface area (Å²) in [5.74, 6) is -2.17. The minimum Gasteiger partial charge on any atom is -0.462 e. The van der Waals surface area contributed by atoms with Crippen LogP contribution in [0.15, 0.2) is 34.4 Å². The summed E-state index contributed by atoms with van der Waals surface area (Å²) in [6.45, 7) is 1.77. The van der Waals surface area contributed by atoms with E-state index in [2.05, 4.69) is 15.9 Å². The van der Waals surface area contributed by atoms with Gasteiger partial charge in [0.1, 0.15) is 11.4 Å². The van der Waals surface area contributed by atoms with E-state index in [1.807, 2.05) is 0 Å². The quantitative estimate of drug-likeness (QED) is 0.271. The Kier molecular flexibility index (Phi) is 5.88. The maximum absolute atomic E-state index is 13.8. The Balaban J connectivity index is 3.20. The molecule has 0 amide bonds. The van der Waals surface area contributed by atoms with Crippen molar-refractivity contribution in [3.63, 3.8) is 0 Å². The Hall–Kier alpha value is -1.69. The highest BCUT2D eigenvalue weighted by atomic mass is 79.9. The van der Waals surface area contributed by atoms with Gasteiger partial charge in [-0.05, 0) is 25.1 Å². The minimum absolute atomic E-state index is 0.139. The van der Waals surface area contributed by atoms with Gasteiger partial charge in [0, 0.05) is 24.8 Å². The molecule has 0 bridgehead atoms. The van der Waals surface area contributed by atoms with Crippen LogP contribution in [0.5, 0.6) is 0 Å². The molecule has 0 unspecified atom stereocenters. The monoisotopic (exact) mass is 343 g/mol. The van der Waals surface area contributed by atoms with Gasteiger partial charge in [0.25, 0.3) is 0 Å². The van der Waals surface area contributed by atoms with E-state index in [-0.39, 0.29) is 17.7 Å². The summed E-state index contributed by atoms with van der Waals surface area (Å²) >= 11 is 3.11. The third-order valence-electron chi connectivity index (χ3n) is 2.30. The molecule has 1 aromatic rings. The largest absolute Gasteiger partial charge is 0.462 e. The number of Topliss-reactive ketones (excluding diaryl/α,β-unsaturated/α-hetero) is 1. The van der Waals surface area contributed by atoms with Gasteiger partial charge in [-0.25, -0.2) is 9.18 Å². The second-order valence-corrected chi connectivity index (χ2v) is 5.10. The first kappa shape index (κ1) is 16.4. The smallest absolute Gasteiger partial charge is 0.343 e. The zero-order valence-electron chi connectivity index (χ0n) is 11.4. The lowest BCUT2D eigenvalue weighted by molar-refractivity contribution is -0.138. The molecule has 0 radical (unpaired) electrons. The second-order valence-electron chi connectivity index (χ2n) is 4.18. The molecular formula is C14H15BrFNO3. The van der Waals surface area contributed by atoms with Crippen molar-refractivity contribution < 1.29 is 18.7 Å². The first-order valence-electron chi connectivity index (χ1n) is 5.92. The van der Waals surface area contributed by atoms with Crippen molar-refractivity contribution >= 4 is 27.7 Å². The Morgan fingerprint density at radius 2 is 2.05 bits per heavy atom. The van der Waals surface area contributed by atoms with Gasteiger partial charge in [0.05, 0.1) is 12.2 Å². The van der Waals surface area contributed by atoms with Crippen LogP contribution < -0.4 is 0 Å². The van der Waals surface area contributed by atoms with Crippen molar-refractivity contribution in [1.29, 1.82) is 0 Å². The van der Waals surface area contributed by atoms with E-state index < -0.39 is 17.6 Å². The number of ketones is 1. The number of esters is 1. The summed E-state index contributed by atoms with van der Waals surface area (Å²) in [7, 11) is 3.31. The predicted molar refractivity (Wildman–Crippen MR) is 76.8 cm³/mol. The first-order chi connectivity index (χ1) is 9.36. The highest BCUT2D eigenvalue weighted by molar-refractivity contribution is 9.10. The Labute approximate surface area is 125 Å². The van der Waals surface area contributed by atoms with Crippen LogP contribution in [0.2, 0.25) is 0 Å². The van der Waals surface area contributed by atoms with Gasteiger partial charge in [-0.1, -0.05) is 15.9 Å². The maximum atomic E-state index is 13.8. The van der Waals surface area contributed by atoms with Gasteiger partial charge in [0.2, 0.25) is 5.78 Å². The van der Waals surface area contributed by atoms with Crippen LogP contribution in [0.4, 0.5) is 4.39 Å². The Morgan fingerprint density at radius 1 is 1.40 bits per heavy atom. The van der Waals surface area contributed by atoms with Gasteiger partial charge in [-0.2, -0.15) is 0 Å². The molecule has 20 heavy (non-hydrogen) atoms. The van der Waals surface area contributed by atoms with E-state index in [4.69, 9.17) is 4.74 Å².